The molecule has 0 aliphatic carbocycles. The van der Waals surface area contributed by atoms with Crippen LogP contribution in [0.4, 0.5) is 0 Å². The van der Waals surface area contributed by atoms with E-state index in [1.807, 2.05) is 0 Å². The van der Waals surface area contributed by atoms with Crippen LogP contribution < -0.4 is 0 Å². The van der Waals surface area contributed by atoms with E-state index in [4.69, 9.17) is 18.9 Å². The summed E-state index contributed by atoms with van der Waals surface area (Å²) in [6.07, 6.45) is 18.1. The molecule has 0 saturated carbocycles. The van der Waals surface area contributed by atoms with Crippen molar-refractivity contribution >= 4 is 5.97 Å². The van der Waals surface area contributed by atoms with Crippen LogP contribution in [0.15, 0.2) is 0 Å². The molecule has 186 valence electrons. The third-order valence-corrected chi connectivity index (χ3v) is 5.19. The van der Waals surface area contributed by atoms with E-state index in [1.54, 1.807) is 0 Å². The van der Waals surface area contributed by atoms with Crippen molar-refractivity contribution in [2.24, 2.45) is 0 Å². The molecule has 0 amide bonds. The monoisotopic (exact) mass is 446 g/mol. The molecule has 0 fully saturated rings. The van der Waals surface area contributed by atoms with Gasteiger partial charge in [-0.25, -0.2) is 0 Å². The first-order valence-corrected chi connectivity index (χ1v) is 12.7. The van der Waals surface area contributed by atoms with E-state index in [2.05, 4.69) is 11.7 Å². The van der Waals surface area contributed by atoms with Crippen molar-refractivity contribution in [3.63, 3.8) is 0 Å². The number of methoxy groups -OCH3 is 1. The van der Waals surface area contributed by atoms with Gasteiger partial charge in [-0.2, -0.15) is 0 Å². The molecular formula is C25H50O6. The highest BCUT2D eigenvalue weighted by Gasteiger charge is 1.99. The van der Waals surface area contributed by atoms with E-state index in [0.717, 1.165) is 13.0 Å². The van der Waals surface area contributed by atoms with Gasteiger partial charge in [0.05, 0.1) is 59.8 Å². The lowest BCUT2D eigenvalue weighted by atomic mass is 10.0. The molecule has 0 unspecified atom stereocenters. The van der Waals surface area contributed by atoms with Gasteiger partial charge in [-0.05, 0) is 6.42 Å². The first-order valence-electron chi connectivity index (χ1n) is 12.7. The van der Waals surface area contributed by atoms with E-state index < -0.39 is 0 Å². The van der Waals surface area contributed by atoms with E-state index in [1.165, 1.54) is 84.2 Å². The van der Waals surface area contributed by atoms with Gasteiger partial charge < -0.3 is 23.7 Å². The molecule has 0 aliphatic rings. The summed E-state index contributed by atoms with van der Waals surface area (Å²) in [5.41, 5.74) is 0. The molecule has 0 heterocycles. The summed E-state index contributed by atoms with van der Waals surface area (Å²) in [5, 5.41) is 0. The van der Waals surface area contributed by atoms with Crippen molar-refractivity contribution in [1.29, 1.82) is 0 Å². The van der Waals surface area contributed by atoms with Crippen LogP contribution in [0.1, 0.15) is 96.8 Å². The minimum Gasteiger partial charge on any atom is -0.469 e. The normalized spacial score (nSPS) is 11.2. The van der Waals surface area contributed by atoms with Crippen LogP contribution in [0.3, 0.4) is 0 Å². The molecule has 0 aromatic carbocycles. The summed E-state index contributed by atoms with van der Waals surface area (Å²) in [6.45, 7) is 6.80. The average molecular weight is 447 g/mol. The molecule has 0 rings (SSSR count). The fourth-order valence-corrected chi connectivity index (χ4v) is 3.24. The van der Waals surface area contributed by atoms with Gasteiger partial charge in [-0.15, -0.1) is 0 Å². The van der Waals surface area contributed by atoms with Crippen molar-refractivity contribution in [2.75, 3.05) is 60.0 Å². The Morgan fingerprint density at radius 1 is 0.484 bits per heavy atom. The summed E-state index contributed by atoms with van der Waals surface area (Å²) in [6, 6.07) is 0. The van der Waals surface area contributed by atoms with Gasteiger partial charge in [0, 0.05) is 6.61 Å². The van der Waals surface area contributed by atoms with Gasteiger partial charge in [-0.1, -0.05) is 84.0 Å². The number of carbonyl (C=O) groups excluding carboxylic acids is 1. The molecule has 0 atom stereocenters. The maximum absolute atomic E-state index is 10.9. The van der Waals surface area contributed by atoms with Crippen molar-refractivity contribution in [3.05, 3.63) is 0 Å². The lowest BCUT2D eigenvalue weighted by molar-refractivity contribution is -0.141. The lowest BCUT2D eigenvalue weighted by Crippen LogP contribution is -2.13. The Bertz CT molecular complexity index is 351. The van der Waals surface area contributed by atoms with Gasteiger partial charge in [0.2, 0.25) is 0 Å². The Morgan fingerprint density at radius 3 is 1.26 bits per heavy atom. The number of esters is 1. The number of carbonyl (C=O) groups is 1. The molecule has 0 N–H and O–H groups in total. The van der Waals surface area contributed by atoms with Gasteiger partial charge in [0.1, 0.15) is 0 Å². The second kappa shape index (κ2) is 27.3. The molecule has 0 spiro atoms. The zero-order chi connectivity index (χ0) is 22.7. The number of hydrogen-bond acceptors (Lipinski definition) is 6. The van der Waals surface area contributed by atoms with Crippen molar-refractivity contribution in [3.8, 4) is 0 Å². The van der Waals surface area contributed by atoms with Gasteiger partial charge in [-0.3, -0.25) is 4.79 Å². The van der Waals surface area contributed by atoms with Crippen molar-refractivity contribution in [1.82, 2.24) is 0 Å². The Hall–Kier alpha value is -0.690. The van der Waals surface area contributed by atoms with Crippen molar-refractivity contribution in [2.45, 2.75) is 96.8 Å². The smallest absolute Gasteiger partial charge is 0.307 e. The Kier molecular flexibility index (Phi) is 26.7. The summed E-state index contributed by atoms with van der Waals surface area (Å²) in [5.74, 6) is -0.259. The van der Waals surface area contributed by atoms with Crippen LogP contribution in [0, 0.1) is 0 Å². The molecular weight excluding hydrogens is 396 g/mol. The van der Waals surface area contributed by atoms with Crippen molar-refractivity contribution < 1.29 is 28.5 Å². The Morgan fingerprint density at radius 2 is 0.839 bits per heavy atom. The van der Waals surface area contributed by atoms with E-state index >= 15 is 0 Å². The zero-order valence-corrected chi connectivity index (χ0v) is 20.5. The fourth-order valence-electron chi connectivity index (χ4n) is 3.24. The summed E-state index contributed by atoms with van der Waals surface area (Å²) < 4.78 is 26.3. The third-order valence-electron chi connectivity index (χ3n) is 5.19. The fraction of sp³-hybridized carbons (Fsp3) is 0.960. The van der Waals surface area contributed by atoms with Crippen LogP contribution in [-0.4, -0.2) is 65.9 Å². The molecule has 0 radical (unpaired) electrons. The van der Waals surface area contributed by atoms with Crippen LogP contribution in [0.2, 0.25) is 0 Å². The lowest BCUT2D eigenvalue weighted by Gasteiger charge is -2.07. The summed E-state index contributed by atoms with van der Waals surface area (Å²) in [4.78, 5) is 10.9. The zero-order valence-electron chi connectivity index (χ0n) is 20.5. The predicted octanol–water partition coefficient (Wildman–Crippen LogP) is 5.71. The van der Waals surface area contributed by atoms with E-state index in [-0.39, 0.29) is 12.4 Å². The molecule has 6 heteroatoms. The van der Waals surface area contributed by atoms with Crippen LogP contribution in [0.25, 0.3) is 0 Å². The molecule has 0 bridgehead atoms. The third kappa shape index (κ3) is 27.3. The largest absolute Gasteiger partial charge is 0.469 e. The maximum atomic E-state index is 10.9. The van der Waals surface area contributed by atoms with Gasteiger partial charge >= 0.3 is 5.97 Å². The minimum absolute atomic E-state index is 0.259. The molecule has 6 nitrogen and oxygen atoms in total. The molecule has 0 aromatic heterocycles. The average Bonchev–Trinajstić information content (AvgIpc) is 2.78. The highest BCUT2D eigenvalue weighted by atomic mass is 16.6. The van der Waals surface area contributed by atoms with Crippen LogP contribution >= 0.6 is 0 Å². The second-order valence-electron chi connectivity index (χ2n) is 8.02. The number of hydrogen-bond donors (Lipinski definition) is 0. The first kappa shape index (κ1) is 30.3. The van der Waals surface area contributed by atoms with Crippen LogP contribution in [0.5, 0.6) is 0 Å². The summed E-state index contributed by atoms with van der Waals surface area (Å²) in [7, 11) is 1.37. The van der Waals surface area contributed by atoms with E-state index in [0.29, 0.717) is 46.2 Å². The minimum atomic E-state index is -0.259. The molecule has 0 aliphatic heterocycles. The number of rotatable bonds is 26. The molecule has 0 aromatic rings. The highest BCUT2D eigenvalue weighted by molar-refractivity contribution is 5.69. The number of unbranched alkanes of at least 4 members (excludes halogenated alkanes) is 12. The van der Waals surface area contributed by atoms with Crippen LogP contribution in [-0.2, 0) is 28.5 Å². The highest BCUT2D eigenvalue weighted by Crippen LogP contribution is 2.12. The quantitative estimate of drug-likeness (QED) is 0.125. The number of ether oxygens (including phenoxy) is 5. The maximum Gasteiger partial charge on any atom is 0.307 e. The topological polar surface area (TPSA) is 63.2 Å². The Labute approximate surface area is 191 Å². The molecule has 31 heavy (non-hydrogen) atoms. The SMILES string of the molecule is CCCCCCCCCCCCCCCOCCOCCOCCOCCC(=O)OC. The predicted molar refractivity (Wildman–Crippen MR) is 126 cm³/mol. The van der Waals surface area contributed by atoms with Gasteiger partial charge in [0.25, 0.3) is 0 Å². The summed E-state index contributed by atoms with van der Waals surface area (Å²) >= 11 is 0. The van der Waals surface area contributed by atoms with E-state index in [9.17, 15) is 4.79 Å². The van der Waals surface area contributed by atoms with Gasteiger partial charge in [0.15, 0.2) is 0 Å². The Balaban J connectivity index is 3.01. The first-order chi connectivity index (χ1) is 15.3. The second-order valence-corrected chi connectivity index (χ2v) is 8.02. The molecule has 0 saturated heterocycles. The standard InChI is InChI=1S/C25H50O6/c1-3-4-5-6-7-8-9-10-11-12-13-14-15-17-28-19-21-30-23-24-31-22-20-29-18-16-25(26)27-2/h3-24H2,1-2H3.